The molecule has 0 spiro atoms. The normalized spacial score (nSPS) is 14.7. The minimum absolute atomic E-state index is 0.188. The summed E-state index contributed by atoms with van der Waals surface area (Å²) in [6, 6.07) is 22.1. The molecule has 6 rings (SSSR count). The minimum Gasteiger partial charge on any atom is -0.497 e. The highest BCUT2D eigenvalue weighted by Gasteiger charge is 2.34. The fraction of sp³-hybridized carbons (Fsp3) is 0.148. The zero-order valence-corrected chi connectivity index (χ0v) is 21.1. The summed E-state index contributed by atoms with van der Waals surface area (Å²) in [7, 11) is 1.66. The number of benzene rings is 3. The van der Waals surface area contributed by atoms with Gasteiger partial charge < -0.3 is 19.4 Å². The average Bonchev–Trinajstić information content (AvgIpc) is 3.32. The molecule has 0 bridgehead atoms. The summed E-state index contributed by atoms with van der Waals surface area (Å²) in [5.41, 5.74) is 7.12. The van der Waals surface area contributed by atoms with E-state index in [1.54, 1.807) is 11.7 Å². The Morgan fingerprint density at radius 3 is 2.59 bits per heavy atom. The first kappa shape index (κ1) is 21.3. The third kappa shape index (κ3) is 3.07. The fourth-order valence-electron chi connectivity index (χ4n) is 5.08. The molecule has 1 aliphatic rings. The Balaban J connectivity index is 1.66. The van der Waals surface area contributed by atoms with Crippen molar-refractivity contribution >= 4 is 39.1 Å². The van der Waals surface area contributed by atoms with Crippen molar-refractivity contribution in [1.29, 1.82) is 0 Å². The van der Waals surface area contributed by atoms with E-state index >= 15 is 0 Å². The van der Waals surface area contributed by atoms with Gasteiger partial charge in [-0.3, -0.25) is 4.57 Å². The number of aromatic nitrogens is 3. The number of aryl methyl sites for hydroxylation is 1. The third-order valence-electron chi connectivity index (χ3n) is 6.72. The predicted octanol–water partition coefficient (Wildman–Crippen LogP) is 6.82. The Kier molecular flexibility index (Phi) is 4.93. The highest BCUT2D eigenvalue weighted by Crippen LogP contribution is 2.44. The van der Waals surface area contributed by atoms with Gasteiger partial charge in [-0.2, -0.15) is 0 Å². The van der Waals surface area contributed by atoms with Crippen molar-refractivity contribution in [3.8, 4) is 17.3 Å². The standard InChI is InChI=1S/C27H22BrN3O2S/c1-15-5-3-4-6-22(15)31-26(32)23-14-20-19-13-17(28)9-12-21(19)29-24(20)25(30(23)27(31)34)16-7-10-18(33-2)11-8-16/h3-13,25,29,32H,14H2,1-2H3. The molecule has 1 aliphatic heterocycles. The molecule has 0 saturated heterocycles. The van der Waals surface area contributed by atoms with Gasteiger partial charge in [0.1, 0.15) is 11.8 Å². The molecule has 0 amide bonds. The van der Waals surface area contributed by atoms with Gasteiger partial charge in [0.25, 0.3) is 0 Å². The van der Waals surface area contributed by atoms with E-state index < -0.39 is 0 Å². The van der Waals surface area contributed by atoms with Crippen molar-refractivity contribution < 1.29 is 9.84 Å². The number of para-hydroxylation sites is 1. The van der Waals surface area contributed by atoms with Crippen LogP contribution in [-0.2, 0) is 6.42 Å². The van der Waals surface area contributed by atoms with Crippen LogP contribution in [0.25, 0.3) is 16.6 Å². The lowest BCUT2D eigenvalue weighted by atomic mass is 9.93. The number of H-pyrrole nitrogens is 1. The number of aromatic amines is 1. The Morgan fingerprint density at radius 2 is 1.85 bits per heavy atom. The first-order chi connectivity index (χ1) is 16.5. The van der Waals surface area contributed by atoms with Crippen molar-refractivity contribution in [3.05, 3.63) is 104 Å². The molecule has 2 aromatic heterocycles. The van der Waals surface area contributed by atoms with Gasteiger partial charge in [0, 0.05) is 27.5 Å². The molecule has 0 radical (unpaired) electrons. The highest BCUT2D eigenvalue weighted by molar-refractivity contribution is 9.10. The van der Waals surface area contributed by atoms with Gasteiger partial charge in [-0.25, -0.2) is 0 Å². The van der Waals surface area contributed by atoms with E-state index in [0.717, 1.165) is 49.3 Å². The number of imidazole rings is 1. The van der Waals surface area contributed by atoms with Crippen LogP contribution in [0.4, 0.5) is 0 Å². The van der Waals surface area contributed by atoms with Crippen LogP contribution in [0.1, 0.15) is 34.1 Å². The maximum atomic E-state index is 11.5. The monoisotopic (exact) mass is 531 g/mol. The molecule has 3 aromatic carbocycles. The Bertz CT molecular complexity index is 1630. The van der Waals surface area contributed by atoms with Crippen LogP contribution in [-0.4, -0.2) is 26.3 Å². The molecular weight excluding hydrogens is 510 g/mol. The maximum Gasteiger partial charge on any atom is 0.218 e. The van der Waals surface area contributed by atoms with Crippen molar-refractivity contribution in [3.63, 3.8) is 0 Å². The molecule has 3 heterocycles. The molecule has 7 heteroatoms. The van der Waals surface area contributed by atoms with E-state index in [1.807, 2.05) is 49.4 Å². The Morgan fingerprint density at radius 1 is 1.09 bits per heavy atom. The number of aromatic hydroxyl groups is 1. The quantitative estimate of drug-likeness (QED) is 0.246. The SMILES string of the molecule is COc1ccc(C2c3[nH]c4ccc(Br)cc4c3Cc3c(O)n(-c4ccccc4C)c(=S)n32)cc1. The van der Waals surface area contributed by atoms with E-state index in [4.69, 9.17) is 17.0 Å². The number of hydrogen-bond donors (Lipinski definition) is 2. The zero-order valence-electron chi connectivity index (χ0n) is 18.7. The van der Waals surface area contributed by atoms with Crippen LogP contribution >= 0.6 is 28.1 Å². The molecule has 34 heavy (non-hydrogen) atoms. The van der Waals surface area contributed by atoms with E-state index in [0.29, 0.717) is 11.2 Å². The van der Waals surface area contributed by atoms with Gasteiger partial charge in [-0.15, -0.1) is 0 Å². The van der Waals surface area contributed by atoms with Gasteiger partial charge in [0.2, 0.25) is 5.88 Å². The molecule has 2 N–H and O–H groups in total. The van der Waals surface area contributed by atoms with Crippen LogP contribution in [0.5, 0.6) is 11.6 Å². The van der Waals surface area contributed by atoms with Crippen LogP contribution < -0.4 is 4.74 Å². The number of hydrogen-bond acceptors (Lipinski definition) is 3. The average molecular weight is 532 g/mol. The maximum absolute atomic E-state index is 11.5. The number of rotatable bonds is 3. The van der Waals surface area contributed by atoms with Gasteiger partial charge in [0.05, 0.1) is 18.5 Å². The molecule has 5 aromatic rings. The Hall–Kier alpha value is -3.29. The smallest absolute Gasteiger partial charge is 0.218 e. The molecule has 170 valence electrons. The summed E-state index contributed by atoms with van der Waals surface area (Å²) < 4.78 is 10.9. The van der Waals surface area contributed by atoms with Crippen molar-refractivity contribution in [2.75, 3.05) is 7.11 Å². The number of halogens is 1. The summed E-state index contributed by atoms with van der Waals surface area (Å²) in [5.74, 6) is 0.984. The second-order valence-corrected chi connectivity index (χ2v) is 9.89. The molecular formula is C27H22BrN3O2S. The molecule has 0 aliphatic carbocycles. The lowest BCUT2D eigenvalue weighted by Crippen LogP contribution is -2.21. The summed E-state index contributed by atoms with van der Waals surface area (Å²) in [6.45, 7) is 2.03. The van der Waals surface area contributed by atoms with E-state index in [-0.39, 0.29) is 11.9 Å². The van der Waals surface area contributed by atoms with Gasteiger partial charge >= 0.3 is 0 Å². The minimum atomic E-state index is -0.209. The number of methoxy groups -OCH3 is 1. The van der Waals surface area contributed by atoms with Crippen LogP contribution in [0.3, 0.4) is 0 Å². The summed E-state index contributed by atoms with van der Waals surface area (Å²) in [4.78, 5) is 3.66. The van der Waals surface area contributed by atoms with E-state index in [9.17, 15) is 5.11 Å². The third-order valence-corrected chi connectivity index (χ3v) is 7.60. The Labute approximate surface area is 210 Å². The van der Waals surface area contributed by atoms with Gasteiger partial charge in [-0.05, 0) is 72.2 Å². The summed E-state index contributed by atoms with van der Waals surface area (Å²) >= 11 is 9.64. The fourth-order valence-corrected chi connectivity index (χ4v) is 5.84. The molecule has 0 fully saturated rings. The molecule has 0 saturated carbocycles. The molecule has 5 nitrogen and oxygen atoms in total. The number of nitrogens with zero attached hydrogens (tertiary/aromatic N) is 2. The molecule has 1 atom stereocenters. The zero-order chi connectivity index (χ0) is 23.6. The molecule has 1 unspecified atom stereocenters. The second-order valence-electron chi connectivity index (χ2n) is 8.60. The number of fused-ring (bicyclic) bond motifs is 4. The number of nitrogens with one attached hydrogen (secondary N) is 1. The van der Waals surface area contributed by atoms with Crippen LogP contribution in [0, 0.1) is 11.7 Å². The lowest BCUT2D eigenvalue weighted by molar-refractivity contribution is 0.414. The number of ether oxygens (including phenoxy) is 1. The topological polar surface area (TPSA) is 55.1 Å². The summed E-state index contributed by atoms with van der Waals surface area (Å²) in [6.07, 6.45) is 0.576. The van der Waals surface area contributed by atoms with E-state index in [2.05, 4.69) is 49.7 Å². The van der Waals surface area contributed by atoms with Crippen molar-refractivity contribution in [2.24, 2.45) is 0 Å². The van der Waals surface area contributed by atoms with Gasteiger partial charge in [-0.1, -0.05) is 46.3 Å². The second kappa shape index (κ2) is 7.89. The van der Waals surface area contributed by atoms with Crippen molar-refractivity contribution in [1.82, 2.24) is 14.1 Å². The van der Waals surface area contributed by atoms with Crippen LogP contribution in [0.15, 0.2) is 71.2 Å². The first-order valence-corrected chi connectivity index (χ1v) is 12.2. The van der Waals surface area contributed by atoms with Crippen LogP contribution in [0.2, 0.25) is 0 Å². The highest BCUT2D eigenvalue weighted by atomic mass is 79.9. The first-order valence-electron chi connectivity index (χ1n) is 11.0. The predicted molar refractivity (Wildman–Crippen MR) is 140 cm³/mol. The lowest BCUT2D eigenvalue weighted by Gasteiger charge is -2.26. The summed E-state index contributed by atoms with van der Waals surface area (Å²) in [5, 5.41) is 12.6. The van der Waals surface area contributed by atoms with Crippen molar-refractivity contribution in [2.45, 2.75) is 19.4 Å². The largest absolute Gasteiger partial charge is 0.497 e. The van der Waals surface area contributed by atoms with E-state index in [1.165, 1.54) is 5.56 Å². The van der Waals surface area contributed by atoms with Gasteiger partial charge in [0.15, 0.2) is 4.77 Å².